The van der Waals surface area contributed by atoms with E-state index in [4.69, 9.17) is 4.74 Å². The van der Waals surface area contributed by atoms with E-state index in [0.717, 1.165) is 19.4 Å². The number of hydrogen-bond acceptors (Lipinski definition) is 4. The predicted octanol–water partition coefficient (Wildman–Crippen LogP) is 1.86. The van der Waals surface area contributed by atoms with Crippen molar-refractivity contribution in [2.75, 3.05) is 26.7 Å². The highest BCUT2D eigenvalue weighted by Gasteiger charge is 2.29. The molecular formula is C15H20FNO3. The van der Waals surface area contributed by atoms with E-state index in [-0.39, 0.29) is 17.9 Å². The Morgan fingerprint density at radius 2 is 2.30 bits per heavy atom. The number of methoxy groups -OCH3 is 1. The van der Waals surface area contributed by atoms with Crippen molar-refractivity contribution < 1.29 is 19.0 Å². The quantitative estimate of drug-likeness (QED) is 0.856. The van der Waals surface area contributed by atoms with Crippen molar-refractivity contribution in [2.45, 2.75) is 25.4 Å². The van der Waals surface area contributed by atoms with E-state index < -0.39 is 11.4 Å². The summed E-state index contributed by atoms with van der Waals surface area (Å²) in [4.78, 5) is 14.2. The van der Waals surface area contributed by atoms with Gasteiger partial charge in [0, 0.05) is 6.54 Å². The van der Waals surface area contributed by atoms with Crippen molar-refractivity contribution in [3.63, 3.8) is 0 Å². The molecular weight excluding hydrogens is 261 g/mol. The van der Waals surface area contributed by atoms with Gasteiger partial charge >= 0.3 is 0 Å². The lowest BCUT2D eigenvalue weighted by Gasteiger charge is -2.36. The number of hydrogen-bond donors (Lipinski definition) is 1. The molecule has 20 heavy (non-hydrogen) atoms. The molecule has 110 valence electrons. The Morgan fingerprint density at radius 1 is 1.55 bits per heavy atom. The zero-order chi connectivity index (χ0) is 14.8. The molecule has 2 rings (SSSR count). The van der Waals surface area contributed by atoms with Crippen LogP contribution in [0.5, 0.6) is 5.75 Å². The average molecular weight is 281 g/mol. The van der Waals surface area contributed by atoms with E-state index >= 15 is 0 Å². The molecule has 1 atom stereocenters. The van der Waals surface area contributed by atoms with Crippen LogP contribution in [-0.2, 0) is 0 Å². The maximum absolute atomic E-state index is 13.3. The molecule has 1 aliphatic rings. The highest BCUT2D eigenvalue weighted by molar-refractivity contribution is 6.00. The fourth-order valence-corrected chi connectivity index (χ4v) is 2.64. The van der Waals surface area contributed by atoms with E-state index in [1.807, 2.05) is 4.90 Å². The number of likely N-dealkylation sites (tertiary alicyclic amines) is 1. The molecule has 0 spiro atoms. The van der Waals surface area contributed by atoms with E-state index in [1.54, 1.807) is 6.92 Å². The topological polar surface area (TPSA) is 49.8 Å². The Labute approximate surface area is 118 Å². The summed E-state index contributed by atoms with van der Waals surface area (Å²) in [5.74, 6) is -0.279. The number of benzene rings is 1. The van der Waals surface area contributed by atoms with Crippen LogP contribution in [0.25, 0.3) is 0 Å². The summed E-state index contributed by atoms with van der Waals surface area (Å²) in [6.45, 7) is 3.15. The largest absolute Gasteiger partial charge is 0.496 e. The average Bonchev–Trinajstić information content (AvgIpc) is 2.37. The summed E-state index contributed by atoms with van der Waals surface area (Å²) in [6, 6.07) is 3.92. The lowest BCUT2D eigenvalue weighted by molar-refractivity contribution is -0.0133. The Morgan fingerprint density at radius 3 is 2.95 bits per heavy atom. The zero-order valence-electron chi connectivity index (χ0n) is 11.9. The molecule has 1 saturated heterocycles. The van der Waals surface area contributed by atoms with Crippen LogP contribution in [0.15, 0.2) is 18.2 Å². The molecule has 0 aliphatic carbocycles. The second-order valence-electron chi connectivity index (χ2n) is 5.58. The highest BCUT2D eigenvalue weighted by Crippen LogP contribution is 2.23. The second kappa shape index (κ2) is 5.89. The first-order chi connectivity index (χ1) is 9.41. The van der Waals surface area contributed by atoms with Gasteiger partial charge in [-0.3, -0.25) is 9.69 Å². The summed E-state index contributed by atoms with van der Waals surface area (Å²) >= 11 is 0. The van der Waals surface area contributed by atoms with Crippen LogP contribution in [0, 0.1) is 5.82 Å². The summed E-state index contributed by atoms with van der Waals surface area (Å²) in [5, 5.41) is 10.0. The number of carbonyl (C=O) groups excluding carboxylic acids is 1. The fraction of sp³-hybridized carbons (Fsp3) is 0.533. The van der Waals surface area contributed by atoms with Gasteiger partial charge in [0.2, 0.25) is 0 Å². The molecule has 0 amide bonds. The van der Waals surface area contributed by atoms with Crippen molar-refractivity contribution in [3.05, 3.63) is 29.6 Å². The van der Waals surface area contributed by atoms with Crippen molar-refractivity contribution in [3.8, 4) is 5.75 Å². The first-order valence-corrected chi connectivity index (χ1v) is 6.73. The zero-order valence-corrected chi connectivity index (χ0v) is 11.9. The lowest BCUT2D eigenvalue weighted by atomic mass is 9.95. The Balaban J connectivity index is 2.10. The third kappa shape index (κ3) is 3.55. The SMILES string of the molecule is COc1ccc(F)cc1C(=O)CN1CCCC(C)(O)C1. The van der Waals surface area contributed by atoms with Gasteiger partial charge in [-0.2, -0.15) is 0 Å². The minimum Gasteiger partial charge on any atom is -0.496 e. The van der Waals surface area contributed by atoms with Gasteiger partial charge in [0.15, 0.2) is 5.78 Å². The van der Waals surface area contributed by atoms with Crippen molar-refractivity contribution in [2.24, 2.45) is 0 Å². The molecule has 1 aromatic carbocycles. The highest BCUT2D eigenvalue weighted by atomic mass is 19.1. The van der Waals surface area contributed by atoms with Gasteiger partial charge in [0.05, 0.1) is 24.8 Å². The van der Waals surface area contributed by atoms with Gasteiger partial charge < -0.3 is 9.84 Å². The van der Waals surface area contributed by atoms with Crippen LogP contribution in [0.1, 0.15) is 30.1 Å². The van der Waals surface area contributed by atoms with Crippen LogP contribution < -0.4 is 4.74 Å². The third-order valence-corrected chi connectivity index (χ3v) is 3.58. The van der Waals surface area contributed by atoms with Crippen LogP contribution in [-0.4, -0.2) is 48.1 Å². The van der Waals surface area contributed by atoms with E-state index in [9.17, 15) is 14.3 Å². The minimum atomic E-state index is -0.759. The van der Waals surface area contributed by atoms with Gasteiger partial charge in [-0.05, 0) is 44.5 Å². The summed E-state index contributed by atoms with van der Waals surface area (Å²) in [7, 11) is 1.45. The van der Waals surface area contributed by atoms with Gasteiger partial charge in [0.25, 0.3) is 0 Å². The molecule has 0 bridgehead atoms. The Hall–Kier alpha value is -1.46. The van der Waals surface area contributed by atoms with Crippen molar-refractivity contribution in [1.82, 2.24) is 4.90 Å². The minimum absolute atomic E-state index is 0.163. The molecule has 0 aromatic heterocycles. The van der Waals surface area contributed by atoms with Gasteiger partial charge in [0.1, 0.15) is 11.6 Å². The summed E-state index contributed by atoms with van der Waals surface area (Å²) in [5.41, 5.74) is -0.511. The smallest absolute Gasteiger partial charge is 0.180 e. The number of nitrogens with zero attached hydrogens (tertiary/aromatic N) is 1. The maximum atomic E-state index is 13.3. The predicted molar refractivity (Wildman–Crippen MR) is 73.6 cm³/mol. The maximum Gasteiger partial charge on any atom is 0.180 e. The summed E-state index contributed by atoms with van der Waals surface area (Å²) in [6.07, 6.45) is 1.58. The van der Waals surface area contributed by atoms with Gasteiger partial charge in [-0.15, -0.1) is 0 Å². The molecule has 1 aromatic rings. The van der Waals surface area contributed by atoms with Gasteiger partial charge in [-0.1, -0.05) is 0 Å². The van der Waals surface area contributed by atoms with Crippen LogP contribution >= 0.6 is 0 Å². The number of halogens is 1. The molecule has 1 N–H and O–H groups in total. The molecule has 1 fully saturated rings. The third-order valence-electron chi connectivity index (χ3n) is 3.58. The number of ketones is 1. The van der Waals surface area contributed by atoms with Crippen LogP contribution in [0.2, 0.25) is 0 Å². The van der Waals surface area contributed by atoms with E-state index in [0.29, 0.717) is 12.3 Å². The number of β-amino-alcohol motifs (C(OH)–C–C–N with tert-alkyl or cyclic N) is 1. The number of rotatable bonds is 4. The Bertz CT molecular complexity index is 502. The van der Waals surface area contributed by atoms with Crippen LogP contribution in [0.3, 0.4) is 0 Å². The van der Waals surface area contributed by atoms with E-state index in [1.165, 1.54) is 25.3 Å². The Kier molecular flexibility index (Phi) is 4.40. The first-order valence-electron chi connectivity index (χ1n) is 6.73. The molecule has 5 heteroatoms. The second-order valence-corrected chi connectivity index (χ2v) is 5.58. The van der Waals surface area contributed by atoms with Crippen molar-refractivity contribution >= 4 is 5.78 Å². The standard InChI is InChI=1S/C15H20FNO3/c1-15(19)6-3-7-17(10-15)9-13(18)12-8-11(16)4-5-14(12)20-2/h4-5,8,19H,3,6-7,9-10H2,1-2H3. The molecule has 4 nitrogen and oxygen atoms in total. The number of carbonyl (C=O) groups is 1. The van der Waals surface area contributed by atoms with Crippen molar-refractivity contribution in [1.29, 1.82) is 0 Å². The molecule has 1 unspecified atom stereocenters. The number of ether oxygens (including phenoxy) is 1. The molecule has 1 heterocycles. The number of aliphatic hydroxyl groups is 1. The normalized spacial score (nSPS) is 23.6. The number of piperidine rings is 1. The first kappa shape index (κ1) is 14.9. The van der Waals surface area contributed by atoms with E-state index in [2.05, 4.69) is 0 Å². The monoisotopic (exact) mass is 281 g/mol. The summed E-state index contributed by atoms with van der Waals surface area (Å²) < 4.78 is 18.4. The molecule has 0 saturated carbocycles. The fourth-order valence-electron chi connectivity index (χ4n) is 2.64. The van der Waals surface area contributed by atoms with Gasteiger partial charge in [-0.25, -0.2) is 4.39 Å². The van der Waals surface area contributed by atoms with Crippen LogP contribution in [0.4, 0.5) is 4.39 Å². The molecule has 1 aliphatic heterocycles. The molecule has 0 radical (unpaired) electrons. The lowest BCUT2D eigenvalue weighted by Crippen LogP contribution is -2.47. The number of Topliss-reactive ketones (excluding diaryl/α,β-unsaturated/α-hetero) is 1.